The summed E-state index contributed by atoms with van der Waals surface area (Å²) in [6, 6.07) is 5.90. The number of carbonyl (C=O) groups is 1. The molecule has 7 heteroatoms. The number of halogens is 2. The molecule has 2 aliphatic rings. The van der Waals surface area contributed by atoms with Crippen LogP contribution in [0.1, 0.15) is 44.7 Å². The number of alkyl halides is 2. The van der Waals surface area contributed by atoms with Gasteiger partial charge in [-0.05, 0) is 45.9 Å². The van der Waals surface area contributed by atoms with Crippen LogP contribution in [0.25, 0.3) is 0 Å². The van der Waals surface area contributed by atoms with Gasteiger partial charge in [0.15, 0.2) is 0 Å². The van der Waals surface area contributed by atoms with E-state index in [9.17, 15) is 13.6 Å². The standard InChI is InChI=1S/C22H29F2N3O2/c1-20(2,26-19(28)22(10-11-22)21(3,23)24)9-8-16-6-5-7-18-17(16)14-29-13-12-27(18)15-25-4/h5-7,25H,10-15H2,1-4H3,(H,26,28). The Kier molecular flexibility index (Phi) is 5.88. The molecule has 1 aliphatic carbocycles. The number of fused-ring (bicyclic) bond motifs is 1. The van der Waals surface area contributed by atoms with Crippen LogP contribution in [-0.4, -0.2) is 44.2 Å². The molecular formula is C22H29F2N3O2. The molecule has 158 valence electrons. The Morgan fingerprint density at radius 3 is 2.66 bits per heavy atom. The Balaban J connectivity index is 1.82. The van der Waals surface area contributed by atoms with Gasteiger partial charge in [-0.1, -0.05) is 17.9 Å². The average Bonchev–Trinajstić information content (AvgIpc) is 3.45. The zero-order chi connectivity index (χ0) is 21.3. The van der Waals surface area contributed by atoms with Crippen LogP contribution < -0.4 is 15.5 Å². The first-order valence-electron chi connectivity index (χ1n) is 9.92. The van der Waals surface area contributed by atoms with Crippen LogP contribution in [0.2, 0.25) is 0 Å². The largest absolute Gasteiger partial charge is 0.375 e. The Morgan fingerprint density at radius 2 is 2.03 bits per heavy atom. The maximum atomic E-state index is 13.8. The van der Waals surface area contributed by atoms with Crippen molar-refractivity contribution in [2.45, 2.75) is 51.7 Å². The highest BCUT2D eigenvalue weighted by Gasteiger charge is 2.64. The molecule has 1 aliphatic heterocycles. The van der Waals surface area contributed by atoms with Gasteiger partial charge in [-0.25, -0.2) is 8.78 Å². The van der Waals surface area contributed by atoms with E-state index in [1.54, 1.807) is 13.8 Å². The van der Waals surface area contributed by atoms with Crippen molar-refractivity contribution in [3.8, 4) is 11.8 Å². The van der Waals surface area contributed by atoms with Crippen LogP contribution in [0.5, 0.6) is 0 Å². The summed E-state index contributed by atoms with van der Waals surface area (Å²) in [6.07, 6.45) is 0.410. The minimum atomic E-state index is -3.04. The fourth-order valence-corrected chi connectivity index (χ4v) is 3.61. The molecule has 1 saturated carbocycles. The van der Waals surface area contributed by atoms with Gasteiger partial charge in [0.25, 0.3) is 5.92 Å². The lowest BCUT2D eigenvalue weighted by molar-refractivity contribution is -0.142. The Labute approximate surface area is 171 Å². The molecule has 0 radical (unpaired) electrons. The number of nitrogens with zero attached hydrogens (tertiary/aromatic N) is 1. The number of nitrogens with one attached hydrogen (secondary N) is 2. The molecule has 0 spiro atoms. The maximum absolute atomic E-state index is 13.8. The molecule has 0 saturated heterocycles. The summed E-state index contributed by atoms with van der Waals surface area (Å²) in [5.41, 5.74) is 0.352. The van der Waals surface area contributed by atoms with E-state index in [0.717, 1.165) is 30.3 Å². The summed E-state index contributed by atoms with van der Waals surface area (Å²) in [7, 11) is 1.90. The zero-order valence-electron chi connectivity index (χ0n) is 17.5. The van der Waals surface area contributed by atoms with Crippen LogP contribution >= 0.6 is 0 Å². The number of anilines is 1. The molecule has 1 aromatic carbocycles. The molecular weight excluding hydrogens is 376 g/mol. The molecule has 0 aromatic heterocycles. The summed E-state index contributed by atoms with van der Waals surface area (Å²) in [5, 5.41) is 5.87. The van der Waals surface area contributed by atoms with E-state index in [0.29, 0.717) is 19.9 Å². The Hall–Kier alpha value is -2.17. The van der Waals surface area contributed by atoms with Crippen LogP contribution in [-0.2, 0) is 16.1 Å². The van der Waals surface area contributed by atoms with Gasteiger partial charge in [-0.3, -0.25) is 4.79 Å². The number of hydrogen-bond donors (Lipinski definition) is 2. The van der Waals surface area contributed by atoms with Crippen molar-refractivity contribution >= 4 is 11.6 Å². The van der Waals surface area contributed by atoms with Gasteiger partial charge in [0, 0.05) is 30.3 Å². The summed E-state index contributed by atoms with van der Waals surface area (Å²) >= 11 is 0. The van der Waals surface area contributed by atoms with Crippen molar-refractivity contribution < 1.29 is 18.3 Å². The van der Waals surface area contributed by atoms with E-state index in [1.165, 1.54) is 0 Å². The number of ether oxygens (including phenoxy) is 1. The monoisotopic (exact) mass is 405 g/mol. The minimum absolute atomic E-state index is 0.205. The zero-order valence-corrected chi connectivity index (χ0v) is 17.5. The number of hydrogen-bond acceptors (Lipinski definition) is 4. The predicted molar refractivity (Wildman–Crippen MR) is 109 cm³/mol. The second kappa shape index (κ2) is 7.92. The summed E-state index contributed by atoms with van der Waals surface area (Å²) in [6.45, 7) is 6.83. The smallest absolute Gasteiger partial charge is 0.259 e. The third-order valence-corrected chi connectivity index (χ3v) is 5.55. The number of carbonyl (C=O) groups excluding carboxylic acids is 1. The highest BCUT2D eigenvalue weighted by molar-refractivity contribution is 5.87. The topological polar surface area (TPSA) is 53.6 Å². The first-order chi connectivity index (χ1) is 13.6. The molecule has 5 nitrogen and oxygen atoms in total. The van der Waals surface area contributed by atoms with Crippen LogP contribution in [0, 0.1) is 17.3 Å². The molecule has 3 rings (SSSR count). The van der Waals surface area contributed by atoms with Gasteiger partial charge in [0.05, 0.1) is 25.4 Å². The fourth-order valence-electron chi connectivity index (χ4n) is 3.61. The molecule has 1 amide bonds. The van der Waals surface area contributed by atoms with E-state index in [1.807, 2.05) is 25.2 Å². The third-order valence-electron chi connectivity index (χ3n) is 5.55. The summed E-state index contributed by atoms with van der Waals surface area (Å²) < 4.78 is 33.4. The summed E-state index contributed by atoms with van der Waals surface area (Å²) in [4.78, 5) is 14.7. The van der Waals surface area contributed by atoms with E-state index < -0.39 is 22.8 Å². The SMILES string of the molecule is CNCN1CCOCc2c(C#CC(C)(C)NC(=O)C3(C(C)(F)F)CC3)cccc21. The molecule has 0 atom stereocenters. The molecule has 1 fully saturated rings. The highest BCUT2D eigenvalue weighted by Crippen LogP contribution is 2.56. The van der Waals surface area contributed by atoms with E-state index in [-0.39, 0.29) is 12.8 Å². The van der Waals surface area contributed by atoms with E-state index in [2.05, 4.69) is 27.4 Å². The van der Waals surface area contributed by atoms with Crippen LogP contribution in [0.15, 0.2) is 18.2 Å². The maximum Gasteiger partial charge on any atom is 0.259 e. The van der Waals surface area contributed by atoms with E-state index >= 15 is 0 Å². The molecule has 1 heterocycles. The van der Waals surface area contributed by atoms with Gasteiger partial charge >= 0.3 is 0 Å². The third kappa shape index (κ3) is 4.54. The molecule has 0 unspecified atom stereocenters. The molecule has 1 aromatic rings. The fraction of sp³-hybridized carbons (Fsp3) is 0.591. The van der Waals surface area contributed by atoms with Crippen LogP contribution in [0.4, 0.5) is 14.5 Å². The lowest BCUT2D eigenvalue weighted by Crippen LogP contribution is -2.50. The van der Waals surface area contributed by atoms with Gasteiger partial charge in [-0.15, -0.1) is 0 Å². The lowest BCUT2D eigenvalue weighted by atomic mass is 9.95. The average molecular weight is 405 g/mol. The van der Waals surface area contributed by atoms with Gasteiger partial charge in [0.2, 0.25) is 5.91 Å². The molecule has 2 N–H and O–H groups in total. The van der Waals surface area contributed by atoms with Crippen molar-refractivity contribution in [2.24, 2.45) is 5.41 Å². The first kappa shape index (κ1) is 21.5. The first-order valence-corrected chi connectivity index (χ1v) is 9.92. The van der Waals surface area contributed by atoms with Crippen LogP contribution in [0.3, 0.4) is 0 Å². The van der Waals surface area contributed by atoms with E-state index in [4.69, 9.17) is 4.74 Å². The second-order valence-corrected chi connectivity index (χ2v) is 8.43. The number of rotatable bonds is 5. The molecule has 0 bridgehead atoms. The van der Waals surface area contributed by atoms with Gasteiger partial charge < -0.3 is 20.3 Å². The van der Waals surface area contributed by atoms with Crippen molar-refractivity contribution in [2.75, 3.05) is 31.8 Å². The normalized spacial score (nSPS) is 18.2. The Morgan fingerprint density at radius 1 is 1.31 bits per heavy atom. The number of amides is 1. The summed E-state index contributed by atoms with van der Waals surface area (Å²) in [5.74, 6) is 2.54. The van der Waals surface area contributed by atoms with Gasteiger partial charge in [0.1, 0.15) is 5.41 Å². The molecule has 29 heavy (non-hydrogen) atoms. The Bertz CT molecular complexity index is 833. The van der Waals surface area contributed by atoms with Crippen molar-refractivity contribution in [3.05, 3.63) is 29.3 Å². The second-order valence-electron chi connectivity index (χ2n) is 8.43. The lowest BCUT2D eigenvalue weighted by Gasteiger charge is -2.27. The van der Waals surface area contributed by atoms with Crippen molar-refractivity contribution in [1.29, 1.82) is 0 Å². The van der Waals surface area contributed by atoms with Crippen molar-refractivity contribution in [3.63, 3.8) is 0 Å². The quantitative estimate of drug-likeness (QED) is 0.740. The van der Waals surface area contributed by atoms with Crippen molar-refractivity contribution in [1.82, 2.24) is 10.6 Å². The number of benzene rings is 1. The predicted octanol–water partition coefficient (Wildman–Crippen LogP) is 2.88. The van der Waals surface area contributed by atoms with Gasteiger partial charge in [-0.2, -0.15) is 0 Å². The highest BCUT2D eigenvalue weighted by atomic mass is 19.3. The minimum Gasteiger partial charge on any atom is -0.375 e.